The summed E-state index contributed by atoms with van der Waals surface area (Å²) in [6.07, 6.45) is 1.90. The van der Waals surface area contributed by atoms with Gasteiger partial charge in [0.15, 0.2) is 6.10 Å². The number of aliphatic hydroxyl groups excluding tert-OH is 1. The number of anilines is 2. The van der Waals surface area contributed by atoms with Gasteiger partial charge in [0.05, 0.1) is 40.6 Å². The SMILES string of the molecule is CN1CCC[C@H]1COc1nc2c(c(N3CCN(C(=O)/C=C/CN4CCCC4)[C@@H]([C@@H](O)C#N)C3)n1)CCN(c1cccc(Cl)c1C(F)(F)F)C2. The summed E-state index contributed by atoms with van der Waals surface area (Å²) in [5.74, 6) is 0.263. The Labute approximate surface area is 289 Å². The molecular weight excluding hydrogens is 661 g/mol. The number of carbonyl (C=O) groups excluding carboxylic acids is 1. The molecule has 0 saturated carbocycles. The van der Waals surface area contributed by atoms with Crippen molar-refractivity contribution in [3.05, 3.63) is 52.2 Å². The summed E-state index contributed by atoms with van der Waals surface area (Å²) in [4.78, 5) is 32.4. The van der Waals surface area contributed by atoms with Crippen LogP contribution in [-0.4, -0.2) is 120 Å². The molecule has 1 aromatic carbocycles. The number of piperazine rings is 1. The molecule has 4 aliphatic rings. The molecule has 3 fully saturated rings. The maximum Gasteiger partial charge on any atom is 0.419 e. The summed E-state index contributed by atoms with van der Waals surface area (Å²) in [5.41, 5.74) is 0.370. The van der Waals surface area contributed by atoms with Gasteiger partial charge in [-0.05, 0) is 70.9 Å². The summed E-state index contributed by atoms with van der Waals surface area (Å²) in [7, 11) is 2.03. The molecule has 4 aliphatic heterocycles. The number of likely N-dealkylation sites (tertiary alicyclic amines) is 2. The van der Waals surface area contributed by atoms with Crippen LogP contribution in [-0.2, 0) is 23.9 Å². The first-order valence-corrected chi connectivity index (χ1v) is 17.3. The second-order valence-electron chi connectivity index (χ2n) is 13.2. The van der Waals surface area contributed by atoms with Crippen molar-refractivity contribution in [2.45, 2.75) is 63.0 Å². The third-order valence-electron chi connectivity index (χ3n) is 10.0. The highest BCUT2D eigenvalue weighted by Gasteiger charge is 2.40. The van der Waals surface area contributed by atoms with E-state index in [1.165, 1.54) is 29.2 Å². The highest BCUT2D eigenvalue weighted by atomic mass is 35.5. The van der Waals surface area contributed by atoms with Crippen molar-refractivity contribution in [2.75, 3.05) is 75.8 Å². The average molecular weight is 703 g/mol. The van der Waals surface area contributed by atoms with E-state index in [2.05, 4.69) is 9.80 Å². The molecule has 6 rings (SSSR count). The summed E-state index contributed by atoms with van der Waals surface area (Å²) in [6.45, 7) is 5.03. The number of rotatable bonds is 9. The third-order valence-corrected chi connectivity index (χ3v) is 10.4. The van der Waals surface area contributed by atoms with Crippen molar-refractivity contribution in [1.82, 2.24) is 24.7 Å². The van der Waals surface area contributed by atoms with E-state index in [4.69, 9.17) is 26.3 Å². The lowest BCUT2D eigenvalue weighted by Crippen LogP contribution is -2.59. The van der Waals surface area contributed by atoms with Gasteiger partial charge >= 0.3 is 12.2 Å². The Morgan fingerprint density at radius 2 is 1.94 bits per heavy atom. The number of fused-ring (bicyclic) bond motifs is 1. The topological polar surface area (TPSA) is 112 Å². The predicted molar refractivity (Wildman–Crippen MR) is 179 cm³/mol. The number of nitrogens with zero attached hydrogens (tertiary/aromatic N) is 8. The molecule has 0 spiro atoms. The second kappa shape index (κ2) is 15.1. The Bertz CT molecular complexity index is 1580. The van der Waals surface area contributed by atoms with Gasteiger partial charge < -0.3 is 29.4 Å². The lowest BCUT2D eigenvalue weighted by atomic mass is 10.0. The molecule has 2 aromatic rings. The number of likely N-dealkylation sites (N-methyl/N-ethyl adjacent to an activating group) is 1. The molecule has 0 unspecified atom stereocenters. The van der Waals surface area contributed by atoms with Gasteiger partial charge in [0.1, 0.15) is 12.4 Å². The zero-order valence-electron chi connectivity index (χ0n) is 27.6. The standard InChI is InChI=1S/C34H42ClF3N8O3/c1-42-12-5-7-23(42)22-49-33-40-26-20-44(27-9-4-8-25(35)31(27)34(36,37)38)16-11-24(26)32(41-33)45-17-18-46(28(21-45)29(47)19-39)30(48)10-6-15-43-13-2-3-14-43/h4,6,8-10,23,28-29,47H,2-3,5,7,11-18,20-22H2,1H3/b10-6+/t23-,28+,29-/m0/s1. The molecule has 15 heteroatoms. The number of ether oxygens (including phenoxy) is 1. The first-order valence-electron chi connectivity index (χ1n) is 16.9. The quantitative estimate of drug-likeness (QED) is 0.307. The fraction of sp³-hybridized carbons (Fsp3) is 0.588. The van der Waals surface area contributed by atoms with Crippen LogP contribution in [0.5, 0.6) is 6.01 Å². The van der Waals surface area contributed by atoms with Gasteiger partial charge in [-0.25, -0.2) is 0 Å². The van der Waals surface area contributed by atoms with E-state index >= 15 is 0 Å². The van der Waals surface area contributed by atoms with E-state index in [-0.39, 0.29) is 54.8 Å². The number of aliphatic hydroxyl groups is 1. The van der Waals surface area contributed by atoms with Crippen LogP contribution in [0, 0.1) is 11.3 Å². The molecule has 3 atom stereocenters. The normalized spacial score (nSPS) is 22.8. The summed E-state index contributed by atoms with van der Waals surface area (Å²) >= 11 is 6.06. The van der Waals surface area contributed by atoms with Crippen LogP contribution >= 0.6 is 11.6 Å². The molecular formula is C34H42ClF3N8O3. The smallest absolute Gasteiger partial charge is 0.419 e. The number of benzene rings is 1. The lowest BCUT2D eigenvalue weighted by molar-refractivity contribution is -0.137. The zero-order chi connectivity index (χ0) is 34.7. The fourth-order valence-electron chi connectivity index (χ4n) is 7.33. The van der Waals surface area contributed by atoms with Crippen LogP contribution in [0.4, 0.5) is 24.7 Å². The number of hydrogen-bond donors (Lipinski definition) is 1. The van der Waals surface area contributed by atoms with E-state index in [0.29, 0.717) is 37.6 Å². The number of aromatic nitrogens is 2. The minimum absolute atomic E-state index is 0.0250. The highest BCUT2D eigenvalue weighted by molar-refractivity contribution is 6.31. The van der Waals surface area contributed by atoms with Crippen LogP contribution in [0.1, 0.15) is 42.5 Å². The molecule has 264 valence electrons. The predicted octanol–water partition coefficient (Wildman–Crippen LogP) is 3.74. The van der Waals surface area contributed by atoms with Crippen LogP contribution in [0.25, 0.3) is 0 Å². The van der Waals surface area contributed by atoms with Gasteiger partial charge in [-0.15, -0.1) is 0 Å². The van der Waals surface area contributed by atoms with E-state index in [1.54, 1.807) is 4.90 Å². The number of carbonyl (C=O) groups is 1. The molecule has 49 heavy (non-hydrogen) atoms. The second-order valence-corrected chi connectivity index (χ2v) is 13.6. The molecule has 0 aliphatic carbocycles. The van der Waals surface area contributed by atoms with E-state index in [0.717, 1.165) is 50.9 Å². The van der Waals surface area contributed by atoms with Crippen LogP contribution in [0.3, 0.4) is 0 Å². The van der Waals surface area contributed by atoms with Crippen molar-refractivity contribution >= 4 is 29.0 Å². The van der Waals surface area contributed by atoms with Gasteiger partial charge in [0.25, 0.3) is 0 Å². The number of hydrogen-bond acceptors (Lipinski definition) is 10. The van der Waals surface area contributed by atoms with E-state index in [9.17, 15) is 28.3 Å². The Kier molecular flexibility index (Phi) is 10.8. The summed E-state index contributed by atoms with van der Waals surface area (Å²) in [5, 5.41) is 20.1. The Hall–Kier alpha value is -3.64. The molecule has 11 nitrogen and oxygen atoms in total. The first kappa shape index (κ1) is 35.2. The molecule has 3 saturated heterocycles. The third kappa shape index (κ3) is 7.90. The largest absolute Gasteiger partial charge is 0.462 e. The minimum Gasteiger partial charge on any atom is -0.462 e. The average Bonchev–Trinajstić information content (AvgIpc) is 3.76. The monoisotopic (exact) mass is 702 g/mol. The Balaban J connectivity index is 1.28. The zero-order valence-corrected chi connectivity index (χ0v) is 28.3. The molecule has 1 N–H and O–H groups in total. The van der Waals surface area contributed by atoms with E-state index < -0.39 is 23.9 Å². The van der Waals surface area contributed by atoms with Gasteiger partial charge in [0.2, 0.25) is 5.91 Å². The molecule has 5 heterocycles. The summed E-state index contributed by atoms with van der Waals surface area (Å²) in [6, 6.07) is 5.52. The fourth-order valence-corrected chi connectivity index (χ4v) is 7.61. The number of halogens is 4. The maximum atomic E-state index is 14.1. The lowest BCUT2D eigenvalue weighted by Gasteiger charge is -2.43. The van der Waals surface area contributed by atoms with E-state index in [1.807, 2.05) is 24.1 Å². The Morgan fingerprint density at radius 3 is 2.65 bits per heavy atom. The molecule has 0 radical (unpaired) electrons. The van der Waals surface area contributed by atoms with Crippen molar-refractivity contribution in [1.29, 1.82) is 5.26 Å². The van der Waals surface area contributed by atoms with Gasteiger partial charge in [-0.2, -0.15) is 28.4 Å². The van der Waals surface area contributed by atoms with Crippen molar-refractivity contribution < 1.29 is 27.8 Å². The van der Waals surface area contributed by atoms with Gasteiger partial charge in [0, 0.05) is 50.4 Å². The minimum atomic E-state index is -4.65. The maximum absolute atomic E-state index is 14.1. The van der Waals surface area contributed by atoms with Crippen LogP contribution in [0.15, 0.2) is 30.4 Å². The molecule has 0 bridgehead atoms. The first-order chi connectivity index (χ1) is 23.5. The molecule has 1 aromatic heterocycles. The Morgan fingerprint density at radius 1 is 1.14 bits per heavy atom. The van der Waals surface area contributed by atoms with Crippen molar-refractivity contribution in [3.63, 3.8) is 0 Å². The van der Waals surface area contributed by atoms with Crippen molar-refractivity contribution in [3.8, 4) is 12.1 Å². The van der Waals surface area contributed by atoms with Gasteiger partial charge in [-0.3, -0.25) is 9.69 Å². The highest BCUT2D eigenvalue weighted by Crippen LogP contribution is 2.43. The van der Waals surface area contributed by atoms with Crippen LogP contribution < -0.4 is 14.5 Å². The number of alkyl halides is 3. The van der Waals surface area contributed by atoms with Gasteiger partial charge in [-0.1, -0.05) is 23.7 Å². The number of amides is 1. The van der Waals surface area contributed by atoms with Crippen molar-refractivity contribution in [2.24, 2.45) is 0 Å². The van der Waals surface area contributed by atoms with Crippen LogP contribution in [0.2, 0.25) is 5.02 Å². The molecule has 1 amide bonds. The summed E-state index contributed by atoms with van der Waals surface area (Å²) < 4.78 is 48.5. The number of nitriles is 1.